The Balaban J connectivity index is 2.19. The smallest absolute Gasteiger partial charge is 0.119 e. The number of H-pyrrole nitrogens is 1. The van der Waals surface area contributed by atoms with E-state index >= 15 is 0 Å². The summed E-state index contributed by atoms with van der Waals surface area (Å²) in [6, 6.07) is 8.00. The van der Waals surface area contributed by atoms with Crippen LogP contribution in [0.3, 0.4) is 0 Å². The number of aromatic nitrogens is 2. The standard InChI is InChI=1S/C14H18BrN3O/c1-9(2)19-11-5-3-10(4-6-11)12(7-16)14-17-8-13(15)18-14/h3-6,8-9,12H,7,16H2,1-2H3,(H,17,18). The van der Waals surface area contributed by atoms with Crippen LogP contribution in [0.5, 0.6) is 5.75 Å². The van der Waals surface area contributed by atoms with Gasteiger partial charge in [0.2, 0.25) is 0 Å². The number of ether oxygens (including phenoxy) is 1. The summed E-state index contributed by atoms with van der Waals surface area (Å²) in [6.07, 6.45) is 1.92. The molecule has 19 heavy (non-hydrogen) atoms. The fraction of sp³-hybridized carbons (Fsp3) is 0.357. The predicted octanol–water partition coefficient (Wildman–Crippen LogP) is 3.05. The molecular formula is C14H18BrN3O. The molecule has 1 unspecified atom stereocenters. The number of rotatable bonds is 5. The van der Waals surface area contributed by atoms with E-state index in [0.29, 0.717) is 6.54 Å². The molecule has 5 heteroatoms. The molecule has 0 spiro atoms. The summed E-state index contributed by atoms with van der Waals surface area (Å²) < 4.78 is 6.49. The zero-order valence-electron chi connectivity index (χ0n) is 11.1. The van der Waals surface area contributed by atoms with E-state index in [1.807, 2.05) is 38.1 Å². The van der Waals surface area contributed by atoms with E-state index in [1.54, 1.807) is 6.20 Å². The number of imidazole rings is 1. The van der Waals surface area contributed by atoms with Gasteiger partial charge in [-0.25, -0.2) is 4.98 Å². The average molecular weight is 324 g/mol. The molecule has 102 valence electrons. The Bertz CT molecular complexity index is 522. The minimum absolute atomic E-state index is 0.0689. The SMILES string of the molecule is CC(C)Oc1ccc(C(CN)c2ncc(Br)[nH]2)cc1. The maximum Gasteiger partial charge on any atom is 0.119 e. The van der Waals surface area contributed by atoms with Gasteiger partial charge >= 0.3 is 0 Å². The molecular weight excluding hydrogens is 306 g/mol. The summed E-state index contributed by atoms with van der Waals surface area (Å²) in [6.45, 7) is 4.53. The highest BCUT2D eigenvalue weighted by molar-refractivity contribution is 9.10. The van der Waals surface area contributed by atoms with Crippen molar-refractivity contribution in [3.05, 3.63) is 46.5 Å². The van der Waals surface area contributed by atoms with Gasteiger partial charge in [-0.1, -0.05) is 12.1 Å². The Morgan fingerprint density at radius 1 is 1.32 bits per heavy atom. The molecule has 0 saturated carbocycles. The lowest BCUT2D eigenvalue weighted by molar-refractivity contribution is 0.242. The van der Waals surface area contributed by atoms with E-state index in [9.17, 15) is 0 Å². The second-order valence-corrected chi connectivity index (χ2v) is 5.49. The molecule has 3 N–H and O–H groups in total. The number of benzene rings is 1. The van der Waals surface area contributed by atoms with Crippen LogP contribution in [0, 0.1) is 0 Å². The number of nitrogens with zero attached hydrogens (tertiary/aromatic N) is 1. The number of nitrogens with two attached hydrogens (primary N) is 1. The average Bonchev–Trinajstić information content (AvgIpc) is 2.78. The summed E-state index contributed by atoms with van der Waals surface area (Å²) in [7, 11) is 0. The molecule has 0 aliphatic heterocycles. The topological polar surface area (TPSA) is 63.9 Å². The zero-order valence-corrected chi connectivity index (χ0v) is 12.6. The first-order chi connectivity index (χ1) is 9.10. The molecule has 0 fully saturated rings. The summed E-state index contributed by atoms with van der Waals surface area (Å²) in [5.74, 6) is 1.81. The van der Waals surface area contributed by atoms with Crippen LogP contribution in [-0.2, 0) is 0 Å². The second kappa shape index (κ2) is 6.21. The Labute approximate surface area is 121 Å². The zero-order chi connectivity index (χ0) is 13.8. The first-order valence-corrected chi connectivity index (χ1v) is 7.06. The van der Waals surface area contributed by atoms with Crippen molar-refractivity contribution >= 4 is 15.9 Å². The second-order valence-electron chi connectivity index (χ2n) is 4.64. The first-order valence-electron chi connectivity index (χ1n) is 6.27. The van der Waals surface area contributed by atoms with Gasteiger partial charge in [0.15, 0.2) is 0 Å². The van der Waals surface area contributed by atoms with Gasteiger partial charge in [0, 0.05) is 6.54 Å². The van der Waals surface area contributed by atoms with E-state index in [-0.39, 0.29) is 12.0 Å². The van der Waals surface area contributed by atoms with Crippen LogP contribution in [0.2, 0.25) is 0 Å². The van der Waals surface area contributed by atoms with E-state index < -0.39 is 0 Å². The van der Waals surface area contributed by atoms with E-state index in [4.69, 9.17) is 10.5 Å². The van der Waals surface area contributed by atoms with E-state index in [2.05, 4.69) is 25.9 Å². The van der Waals surface area contributed by atoms with Crippen molar-refractivity contribution in [1.29, 1.82) is 0 Å². The van der Waals surface area contributed by atoms with Gasteiger partial charge in [0.05, 0.1) is 18.2 Å². The monoisotopic (exact) mass is 323 g/mol. The highest BCUT2D eigenvalue weighted by Gasteiger charge is 2.15. The summed E-state index contributed by atoms with van der Waals surface area (Å²) in [5.41, 5.74) is 6.98. The first kappa shape index (κ1) is 14.1. The number of halogens is 1. The lowest BCUT2D eigenvalue weighted by atomic mass is 9.98. The van der Waals surface area contributed by atoms with Crippen molar-refractivity contribution < 1.29 is 4.74 Å². The Kier molecular flexibility index (Phi) is 4.61. The van der Waals surface area contributed by atoms with Crippen LogP contribution in [0.1, 0.15) is 31.2 Å². The molecule has 0 bridgehead atoms. The molecule has 0 aliphatic carbocycles. The van der Waals surface area contributed by atoms with Crippen LogP contribution >= 0.6 is 15.9 Å². The van der Waals surface area contributed by atoms with Crippen molar-refractivity contribution in [1.82, 2.24) is 9.97 Å². The van der Waals surface area contributed by atoms with Crippen LogP contribution in [0.25, 0.3) is 0 Å². The van der Waals surface area contributed by atoms with Crippen LogP contribution in [0.15, 0.2) is 35.1 Å². The van der Waals surface area contributed by atoms with Gasteiger partial charge in [-0.2, -0.15) is 0 Å². The van der Waals surface area contributed by atoms with Crippen molar-refractivity contribution in [2.24, 2.45) is 5.73 Å². The van der Waals surface area contributed by atoms with Gasteiger partial charge in [0.25, 0.3) is 0 Å². The van der Waals surface area contributed by atoms with Crippen molar-refractivity contribution in [2.75, 3.05) is 6.54 Å². The minimum Gasteiger partial charge on any atom is -0.491 e. The minimum atomic E-state index is 0.0689. The van der Waals surface area contributed by atoms with E-state index in [0.717, 1.165) is 21.7 Å². The molecule has 2 aromatic rings. The number of hydrogen-bond acceptors (Lipinski definition) is 3. The molecule has 2 rings (SSSR count). The normalized spacial score (nSPS) is 12.7. The van der Waals surface area contributed by atoms with Crippen LogP contribution in [0.4, 0.5) is 0 Å². The fourth-order valence-corrected chi connectivity index (χ4v) is 2.25. The Hall–Kier alpha value is -1.33. The molecule has 0 aliphatic rings. The Morgan fingerprint density at radius 2 is 2.00 bits per heavy atom. The van der Waals surface area contributed by atoms with E-state index in [1.165, 1.54) is 0 Å². The van der Waals surface area contributed by atoms with Crippen molar-refractivity contribution in [3.63, 3.8) is 0 Å². The molecule has 4 nitrogen and oxygen atoms in total. The molecule has 0 radical (unpaired) electrons. The van der Waals surface area contributed by atoms with Crippen LogP contribution in [-0.4, -0.2) is 22.6 Å². The van der Waals surface area contributed by atoms with Gasteiger partial charge in [-0.3, -0.25) is 0 Å². The Morgan fingerprint density at radius 3 is 2.47 bits per heavy atom. The largest absolute Gasteiger partial charge is 0.491 e. The predicted molar refractivity (Wildman–Crippen MR) is 79.4 cm³/mol. The summed E-state index contributed by atoms with van der Waals surface area (Å²) in [4.78, 5) is 7.49. The fourth-order valence-electron chi connectivity index (χ4n) is 1.95. The maximum absolute atomic E-state index is 5.86. The van der Waals surface area contributed by atoms with Gasteiger partial charge < -0.3 is 15.5 Å². The van der Waals surface area contributed by atoms with Gasteiger partial charge in [-0.05, 0) is 47.5 Å². The number of hydrogen-bond donors (Lipinski definition) is 2. The third kappa shape index (κ3) is 3.58. The molecule has 1 aromatic heterocycles. The van der Waals surface area contributed by atoms with Crippen molar-refractivity contribution in [2.45, 2.75) is 25.9 Å². The van der Waals surface area contributed by atoms with Crippen molar-refractivity contribution in [3.8, 4) is 5.75 Å². The lowest BCUT2D eigenvalue weighted by Gasteiger charge is -2.14. The summed E-state index contributed by atoms with van der Waals surface area (Å²) in [5, 5.41) is 0. The molecule has 1 atom stereocenters. The third-order valence-electron chi connectivity index (χ3n) is 2.78. The van der Waals surface area contributed by atoms with Gasteiger partial charge in [0.1, 0.15) is 16.2 Å². The highest BCUT2D eigenvalue weighted by atomic mass is 79.9. The van der Waals surface area contributed by atoms with Gasteiger partial charge in [-0.15, -0.1) is 0 Å². The summed E-state index contributed by atoms with van der Waals surface area (Å²) >= 11 is 3.36. The molecule has 0 amide bonds. The maximum atomic E-state index is 5.86. The third-order valence-corrected chi connectivity index (χ3v) is 3.19. The lowest BCUT2D eigenvalue weighted by Crippen LogP contribution is -2.15. The molecule has 1 aromatic carbocycles. The number of nitrogens with one attached hydrogen (secondary N) is 1. The number of aromatic amines is 1. The molecule has 1 heterocycles. The molecule has 0 saturated heterocycles. The van der Waals surface area contributed by atoms with Crippen LogP contribution < -0.4 is 10.5 Å². The highest BCUT2D eigenvalue weighted by Crippen LogP contribution is 2.24. The quantitative estimate of drug-likeness (QED) is 0.888.